The first-order chi connectivity index (χ1) is 15.3. The van der Waals surface area contributed by atoms with E-state index < -0.39 is 49.3 Å². The molecule has 1 heterocycles. The predicted octanol–water partition coefficient (Wildman–Crippen LogP) is 0.105. The number of hydrogen-bond donors (Lipinski definition) is 4. The van der Waals surface area contributed by atoms with E-state index in [1.165, 1.54) is 20.3 Å². The molecule has 0 aromatic heterocycles. The lowest BCUT2D eigenvalue weighted by Gasteiger charge is -2.39. The van der Waals surface area contributed by atoms with Gasteiger partial charge in [-0.3, -0.25) is 0 Å². The fraction of sp³-hybridized carbons (Fsp3) is 0.364. The lowest BCUT2D eigenvalue weighted by molar-refractivity contribution is -0.277. The van der Waals surface area contributed by atoms with Crippen LogP contribution in [0.25, 0.3) is 11.1 Å². The number of aliphatic hydroxyl groups excluding tert-OH is 4. The molecule has 0 aliphatic carbocycles. The van der Waals surface area contributed by atoms with Crippen LogP contribution in [-0.2, 0) is 14.2 Å². The van der Waals surface area contributed by atoms with Crippen LogP contribution in [0.1, 0.15) is 20.7 Å². The van der Waals surface area contributed by atoms with Crippen LogP contribution in [0.2, 0.25) is 0 Å². The zero-order valence-electron chi connectivity index (χ0n) is 17.4. The van der Waals surface area contributed by atoms with Crippen LogP contribution in [0.15, 0.2) is 42.5 Å². The molecule has 2 aromatic carbocycles. The third kappa shape index (κ3) is 4.90. The van der Waals surface area contributed by atoms with Crippen molar-refractivity contribution in [3.63, 3.8) is 0 Å². The number of esters is 2. The van der Waals surface area contributed by atoms with Crippen LogP contribution in [0.3, 0.4) is 0 Å². The second kappa shape index (κ2) is 10.1. The number of carbonyl (C=O) groups is 2. The van der Waals surface area contributed by atoms with Gasteiger partial charge in [-0.05, 0) is 41.5 Å². The van der Waals surface area contributed by atoms with Crippen molar-refractivity contribution in [2.45, 2.75) is 30.7 Å². The Labute approximate surface area is 183 Å². The van der Waals surface area contributed by atoms with E-state index in [1.807, 2.05) is 0 Å². The molecule has 0 bridgehead atoms. The number of aliphatic hydroxyl groups is 4. The largest absolute Gasteiger partial charge is 0.465 e. The quantitative estimate of drug-likeness (QED) is 0.448. The topological polar surface area (TPSA) is 152 Å². The van der Waals surface area contributed by atoms with Crippen LogP contribution in [0.4, 0.5) is 0 Å². The maximum atomic E-state index is 12.0. The molecule has 0 radical (unpaired) electrons. The summed E-state index contributed by atoms with van der Waals surface area (Å²) in [6.07, 6.45) is -6.97. The number of rotatable bonds is 6. The van der Waals surface area contributed by atoms with Crippen molar-refractivity contribution in [3.8, 4) is 16.9 Å². The average molecular weight is 448 g/mol. The molecule has 0 saturated carbocycles. The molecule has 0 spiro atoms. The van der Waals surface area contributed by atoms with Gasteiger partial charge in [-0.25, -0.2) is 9.59 Å². The number of methoxy groups -OCH3 is 2. The summed E-state index contributed by atoms with van der Waals surface area (Å²) >= 11 is 0. The molecule has 0 amide bonds. The van der Waals surface area contributed by atoms with Gasteiger partial charge < -0.3 is 39.4 Å². The van der Waals surface area contributed by atoms with Gasteiger partial charge in [0, 0.05) is 0 Å². The van der Waals surface area contributed by atoms with Gasteiger partial charge in [-0.1, -0.05) is 12.1 Å². The molecule has 3 rings (SSSR count). The van der Waals surface area contributed by atoms with Gasteiger partial charge in [0.05, 0.1) is 32.0 Å². The summed E-state index contributed by atoms with van der Waals surface area (Å²) in [4.78, 5) is 24.0. The molecule has 10 nitrogen and oxygen atoms in total. The Hall–Kier alpha value is -3.02. The van der Waals surface area contributed by atoms with Crippen molar-refractivity contribution in [2.24, 2.45) is 0 Å². The fourth-order valence-corrected chi connectivity index (χ4v) is 3.29. The van der Waals surface area contributed by atoms with Crippen LogP contribution in [0, 0.1) is 0 Å². The molecule has 32 heavy (non-hydrogen) atoms. The molecule has 1 fully saturated rings. The summed E-state index contributed by atoms with van der Waals surface area (Å²) in [5.74, 6) is -0.949. The minimum absolute atomic E-state index is 0.173. The van der Waals surface area contributed by atoms with E-state index in [4.69, 9.17) is 18.9 Å². The first-order valence-electron chi connectivity index (χ1n) is 9.68. The van der Waals surface area contributed by atoms with Crippen molar-refractivity contribution in [3.05, 3.63) is 53.6 Å². The highest BCUT2D eigenvalue weighted by atomic mass is 16.7. The van der Waals surface area contributed by atoms with Gasteiger partial charge in [0.2, 0.25) is 6.29 Å². The Balaban J connectivity index is 1.84. The van der Waals surface area contributed by atoms with E-state index in [1.54, 1.807) is 36.4 Å². The Bertz CT molecular complexity index is 921. The first-order valence-corrected chi connectivity index (χ1v) is 9.68. The SMILES string of the molecule is COC(=O)c1cc(C(=O)OC)cc(-c2ccc(OC3OC(CO)C(O)C(O)C3O)cc2)c1. The van der Waals surface area contributed by atoms with Gasteiger partial charge in [0.1, 0.15) is 30.2 Å². The van der Waals surface area contributed by atoms with Gasteiger partial charge in [-0.15, -0.1) is 0 Å². The van der Waals surface area contributed by atoms with Gasteiger partial charge in [0.25, 0.3) is 0 Å². The minimum atomic E-state index is -1.55. The first kappa shape index (κ1) is 23.6. The normalized spacial score (nSPS) is 25.1. The van der Waals surface area contributed by atoms with Crippen molar-refractivity contribution in [2.75, 3.05) is 20.8 Å². The van der Waals surface area contributed by atoms with Gasteiger partial charge in [-0.2, -0.15) is 0 Å². The number of hydrogen-bond acceptors (Lipinski definition) is 10. The molecule has 10 heteroatoms. The van der Waals surface area contributed by atoms with Crippen molar-refractivity contribution < 1.29 is 49.0 Å². The highest BCUT2D eigenvalue weighted by molar-refractivity contribution is 5.97. The Kier molecular flexibility index (Phi) is 7.44. The molecular weight excluding hydrogens is 424 g/mol. The summed E-state index contributed by atoms with van der Waals surface area (Å²) in [5.41, 5.74) is 1.54. The highest BCUT2D eigenvalue weighted by Crippen LogP contribution is 2.28. The third-order valence-corrected chi connectivity index (χ3v) is 5.06. The zero-order valence-corrected chi connectivity index (χ0v) is 17.4. The molecule has 1 aliphatic heterocycles. The molecule has 2 aromatic rings. The van der Waals surface area contributed by atoms with Gasteiger partial charge >= 0.3 is 11.9 Å². The zero-order chi connectivity index (χ0) is 23.4. The molecule has 5 atom stereocenters. The molecule has 1 saturated heterocycles. The molecule has 172 valence electrons. The van der Waals surface area contributed by atoms with Crippen LogP contribution < -0.4 is 4.74 Å². The number of carbonyl (C=O) groups excluding carboxylic acids is 2. The summed E-state index contributed by atoms with van der Waals surface area (Å²) in [6, 6.07) is 10.9. The second-order valence-corrected chi connectivity index (χ2v) is 7.12. The van der Waals surface area contributed by atoms with Crippen LogP contribution in [-0.4, -0.2) is 83.9 Å². The fourth-order valence-electron chi connectivity index (χ4n) is 3.29. The van der Waals surface area contributed by atoms with Crippen molar-refractivity contribution in [1.29, 1.82) is 0 Å². The van der Waals surface area contributed by atoms with Gasteiger partial charge in [0.15, 0.2) is 0 Å². The van der Waals surface area contributed by atoms with Crippen molar-refractivity contribution >= 4 is 11.9 Å². The van der Waals surface area contributed by atoms with Crippen LogP contribution in [0.5, 0.6) is 5.75 Å². The Morgan fingerprint density at radius 1 is 0.844 bits per heavy atom. The number of benzene rings is 2. The summed E-state index contributed by atoms with van der Waals surface area (Å²) in [6.45, 7) is -0.567. The number of ether oxygens (including phenoxy) is 4. The molecule has 5 unspecified atom stereocenters. The summed E-state index contributed by atoms with van der Waals surface area (Å²) < 4.78 is 20.4. The lowest BCUT2D eigenvalue weighted by Crippen LogP contribution is -2.60. The Morgan fingerprint density at radius 3 is 1.91 bits per heavy atom. The van der Waals surface area contributed by atoms with E-state index in [2.05, 4.69) is 0 Å². The highest BCUT2D eigenvalue weighted by Gasteiger charge is 2.44. The third-order valence-electron chi connectivity index (χ3n) is 5.06. The van der Waals surface area contributed by atoms with Crippen molar-refractivity contribution in [1.82, 2.24) is 0 Å². The van der Waals surface area contributed by atoms with E-state index >= 15 is 0 Å². The smallest absolute Gasteiger partial charge is 0.337 e. The second-order valence-electron chi connectivity index (χ2n) is 7.12. The summed E-state index contributed by atoms with van der Waals surface area (Å²) in [7, 11) is 2.47. The standard InChI is InChI=1S/C22H24O10/c1-29-20(27)13-7-12(8-14(9-13)21(28)30-2)11-3-5-15(6-4-11)31-22-19(26)18(25)17(24)16(10-23)32-22/h3-9,16-19,22-26H,10H2,1-2H3. The molecular formula is C22H24O10. The minimum Gasteiger partial charge on any atom is -0.465 e. The van der Waals surface area contributed by atoms with E-state index in [0.717, 1.165) is 0 Å². The van der Waals surface area contributed by atoms with E-state index in [9.17, 15) is 30.0 Å². The monoisotopic (exact) mass is 448 g/mol. The molecule has 4 N–H and O–H groups in total. The summed E-state index contributed by atoms with van der Waals surface area (Å²) in [5, 5.41) is 39.1. The van der Waals surface area contributed by atoms with E-state index in [-0.39, 0.29) is 16.9 Å². The Morgan fingerprint density at radius 2 is 1.41 bits per heavy atom. The van der Waals surface area contributed by atoms with Crippen LogP contribution >= 0.6 is 0 Å². The maximum Gasteiger partial charge on any atom is 0.337 e. The van der Waals surface area contributed by atoms with E-state index in [0.29, 0.717) is 11.1 Å². The predicted molar refractivity (Wildman–Crippen MR) is 109 cm³/mol. The lowest BCUT2D eigenvalue weighted by atomic mass is 9.99. The maximum absolute atomic E-state index is 12.0. The average Bonchev–Trinajstić information content (AvgIpc) is 2.83. The molecule has 1 aliphatic rings.